The molecule has 1 aromatic carbocycles. The topological polar surface area (TPSA) is 98.2 Å². The van der Waals surface area contributed by atoms with Crippen molar-refractivity contribution < 1.29 is 12.8 Å². The Morgan fingerprint density at radius 1 is 1.40 bits per heavy atom. The van der Waals surface area contributed by atoms with Gasteiger partial charge < -0.3 is 11.1 Å². The molecule has 7 heteroatoms. The predicted octanol–water partition coefficient (Wildman–Crippen LogP) is 0.108. The Morgan fingerprint density at radius 2 is 2.07 bits per heavy atom. The lowest BCUT2D eigenvalue weighted by molar-refractivity contribution is 0.598. The molecule has 0 unspecified atom stereocenters. The van der Waals surface area contributed by atoms with Gasteiger partial charge in [0.15, 0.2) is 0 Å². The van der Waals surface area contributed by atoms with Crippen LogP contribution in [-0.4, -0.2) is 20.7 Å². The number of benzene rings is 1. The van der Waals surface area contributed by atoms with Crippen molar-refractivity contribution in [1.82, 2.24) is 0 Å². The minimum absolute atomic E-state index is 0.134. The van der Waals surface area contributed by atoms with Gasteiger partial charge in [-0.05, 0) is 18.2 Å². The van der Waals surface area contributed by atoms with Crippen molar-refractivity contribution in [3.8, 4) is 0 Å². The SMILES string of the molecule is Nc1cc(F)ccc1NCCS(N)(=O)=O. The lowest BCUT2D eigenvalue weighted by atomic mass is 10.2. The number of nitrogens with two attached hydrogens (primary N) is 2. The summed E-state index contributed by atoms with van der Waals surface area (Å²) in [7, 11) is -3.49. The summed E-state index contributed by atoms with van der Waals surface area (Å²) in [6.07, 6.45) is 0. The highest BCUT2D eigenvalue weighted by Crippen LogP contribution is 2.18. The second-order valence-electron chi connectivity index (χ2n) is 3.03. The van der Waals surface area contributed by atoms with E-state index in [0.29, 0.717) is 5.69 Å². The highest BCUT2D eigenvalue weighted by Gasteiger charge is 2.03. The van der Waals surface area contributed by atoms with E-state index in [1.54, 1.807) is 0 Å². The predicted molar refractivity (Wildman–Crippen MR) is 57.3 cm³/mol. The first-order valence-electron chi connectivity index (χ1n) is 4.18. The van der Waals surface area contributed by atoms with Crippen molar-refractivity contribution in [2.45, 2.75) is 0 Å². The molecule has 0 aliphatic carbocycles. The van der Waals surface area contributed by atoms with Crippen LogP contribution in [0.2, 0.25) is 0 Å². The van der Waals surface area contributed by atoms with Gasteiger partial charge in [-0.2, -0.15) is 0 Å². The summed E-state index contributed by atoms with van der Waals surface area (Å²) in [5.41, 5.74) is 6.20. The van der Waals surface area contributed by atoms with E-state index in [0.717, 1.165) is 6.07 Å². The van der Waals surface area contributed by atoms with E-state index in [9.17, 15) is 12.8 Å². The molecule has 0 saturated carbocycles. The standard InChI is InChI=1S/C8H12FN3O2S/c9-6-1-2-8(7(10)5-6)12-3-4-15(11,13)14/h1-2,5,12H,3-4,10H2,(H2,11,13,14). The van der Waals surface area contributed by atoms with Crippen LogP contribution in [0.1, 0.15) is 0 Å². The maximum absolute atomic E-state index is 12.6. The molecule has 5 nitrogen and oxygen atoms in total. The highest BCUT2D eigenvalue weighted by molar-refractivity contribution is 7.89. The summed E-state index contributed by atoms with van der Waals surface area (Å²) in [5, 5.41) is 7.55. The van der Waals surface area contributed by atoms with Gasteiger partial charge in [-0.3, -0.25) is 0 Å². The average Bonchev–Trinajstić information content (AvgIpc) is 2.07. The molecule has 1 rings (SSSR count). The fourth-order valence-corrected chi connectivity index (χ4v) is 1.41. The number of hydrogen-bond acceptors (Lipinski definition) is 4. The van der Waals surface area contributed by atoms with Gasteiger partial charge >= 0.3 is 0 Å². The Morgan fingerprint density at radius 3 is 2.60 bits per heavy atom. The zero-order valence-electron chi connectivity index (χ0n) is 7.90. The summed E-state index contributed by atoms with van der Waals surface area (Å²) in [6, 6.07) is 3.82. The lowest BCUT2D eigenvalue weighted by Gasteiger charge is -2.08. The van der Waals surface area contributed by atoms with Crippen LogP contribution in [-0.2, 0) is 10.0 Å². The molecule has 0 bridgehead atoms. The first-order valence-corrected chi connectivity index (χ1v) is 5.89. The fraction of sp³-hybridized carbons (Fsp3) is 0.250. The number of nitrogen functional groups attached to an aromatic ring is 1. The molecule has 1 aromatic rings. The minimum atomic E-state index is -3.49. The fourth-order valence-electron chi connectivity index (χ4n) is 1.02. The Balaban J connectivity index is 2.59. The second kappa shape index (κ2) is 4.45. The van der Waals surface area contributed by atoms with Crippen molar-refractivity contribution in [1.29, 1.82) is 0 Å². The van der Waals surface area contributed by atoms with E-state index in [2.05, 4.69) is 5.32 Å². The summed E-state index contributed by atoms with van der Waals surface area (Å²) in [4.78, 5) is 0. The first kappa shape index (κ1) is 11.7. The van der Waals surface area contributed by atoms with Crippen LogP contribution in [0.4, 0.5) is 15.8 Å². The minimum Gasteiger partial charge on any atom is -0.397 e. The number of primary sulfonamides is 1. The molecule has 0 radical (unpaired) electrons. The van der Waals surface area contributed by atoms with Crippen molar-refractivity contribution in [2.24, 2.45) is 5.14 Å². The second-order valence-corrected chi connectivity index (χ2v) is 4.76. The van der Waals surface area contributed by atoms with Gasteiger partial charge in [0.1, 0.15) is 5.82 Å². The van der Waals surface area contributed by atoms with Gasteiger partial charge in [-0.25, -0.2) is 17.9 Å². The van der Waals surface area contributed by atoms with Crippen LogP contribution in [0.25, 0.3) is 0 Å². The average molecular weight is 233 g/mol. The Hall–Kier alpha value is -1.34. The van der Waals surface area contributed by atoms with Crippen LogP contribution in [0.15, 0.2) is 18.2 Å². The molecule has 0 aliphatic rings. The zero-order valence-corrected chi connectivity index (χ0v) is 8.72. The van der Waals surface area contributed by atoms with E-state index in [1.807, 2.05) is 0 Å². The van der Waals surface area contributed by atoms with E-state index >= 15 is 0 Å². The molecular formula is C8H12FN3O2S. The summed E-state index contributed by atoms with van der Waals surface area (Å²) < 4.78 is 33.8. The van der Waals surface area contributed by atoms with Crippen LogP contribution in [0, 0.1) is 5.82 Å². The van der Waals surface area contributed by atoms with Gasteiger partial charge in [-0.15, -0.1) is 0 Å². The van der Waals surface area contributed by atoms with Crippen molar-refractivity contribution in [3.05, 3.63) is 24.0 Å². The summed E-state index contributed by atoms with van der Waals surface area (Å²) in [5.74, 6) is -0.645. The number of rotatable bonds is 4. The maximum atomic E-state index is 12.6. The molecule has 0 spiro atoms. The molecule has 0 aromatic heterocycles. The first-order chi connectivity index (χ1) is 6.88. The molecule has 0 fully saturated rings. The van der Waals surface area contributed by atoms with E-state index < -0.39 is 15.8 Å². The number of nitrogens with one attached hydrogen (secondary N) is 1. The van der Waals surface area contributed by atoms with Crippen LogP contribution < -0.4 is 16.2 Å². The number of halogens is 1. The maximum Gasteiger partial charge on any atom is 0.210 e. The van der Waals surface area contributed by atoms with Crippen LogP contribution in [0.3, 0.4) is 0 Å². The van der Waals surface area contributed by atoms with Crippen LogP contribution >= 0.6 is 0 Å². The molecule has 5 N–H and O–H groups in total. The van der Waals surface area contributed by atoms with Gasteiger partial charge in [-0.1, -0.05) is 0 Å². The smallest absolute Gasteiger partial charge is 0.210 e. The van der Waals surface area contributed by atoms with Gasteiger partial charge in [0.05, 0.1) is 17.1 Å². The van der Waals surface area contributed by atoms with Crippen LogP contribution in [0.5, 0.6) is 0 Å². The molecule has 84 valence electrons. The molecule has 0 atom stereocenters. The number of sulfonamides is 1. The van der Waals surface area contributed by atoms with E-state index in [4.69, 9.17) is 10.9 Å². The molecule has 15 heavy (non-hydrogen) atoms. The Kier molecular flexibility index (Phi) is 3.48. The van der Waals surface area contributed by atoms with Gasteiger partial charge in [0.25, 0.3) is 0 Å². The normalized spacial score (nSPS) is 11.3. The molecular weight excluding hydrogens is 221 g/mol. The molecule has 0 aliphatic heterocycles. The Labute approximate surface area is 87.3 Å². The van der Waals surface area contributed by atoms with Gasteiger partial charge in [0.2, 0.25) is 10.0 Å². The van der Waals surface area contributed by atoms with Gasteiger partial charge in [0, 0.05) is 6.54 Å². The lowest BCUT2D eigenvalue weighted by Crippen LogP contribution is -2.22. The largest absolute Gasteiger partial charge is 0.397 e. The number of anilines is 2. The Bertz CT molecular complexity index is 447. The summed E-state index contributed by atoms with van der Waals surface area (Å²) >= 11 is 0. The number of hydrogen-bond donors (Lipinski definition) is 3. The van der Waals surface area contributed by atoms with Crippen molar-refractivity contribution >= 4 is 21.4 Å². The highest BCUT2D eigenvalue weighted by atomic mass is 32.2. The molecule has 0 heterocycles. The van der Waals surface area contributed by atoms with E-state index in [-0.39, 0.29) is 18.0 Å². The quantitative estimate of drug-likeness (QED) is 0.643. The monoisotopic (exact) mass is 233 g/mol. The third kappa shape index (κ3) is 4.13. The summed E-state index contributed by atoms with van der Waals surface area (Å²) in [6.45, 7) is 0.134. The third-order valence-corrected chi connectivity index (χ3v) is 2.49. The van der Waals surface area contributed by atoms with E-state index in [1.165, 1.54) is 12.1 Å². The molecule has 0 amide bonds. The molecule has 0 saturated heterocycles. The van der Waals surface area contributed by atoms with Crippen molar-refractivity contribution in [3.63, 3.8) is 0 Å². The third-order valence-electron chi connectivity index (χ3n) is 1.72. The zero-order chi connectivity index (χ0) is 11.5. The van der Waals surface area contributed by atoms with Crippen molar-refractivity contribution in [2.75, 3.05) is 23.3 Å².